The van der Waals surface area contributed by atoms with Crippen LogP contribution in [0.4, 0.5) is 5.69 Å². The Morgan fingerprint density at radius 1 is 1.00 bits per heavy atom. The Morgan fingerprint density at radius 2 is 1.68 bits per heavy atom. The van der Waals surface area contributed by atoms with E-state index >= 15 is 0 Å². The zero-order valence-corrected chi connectivity index (χ0v) is 16.5. The van der Waals surface area contributed by atoms with Gasteiger partial charge in [-0.05, 0) is 57.1 Å². The summed E-state index contributed by atoms with van der Waals surface area (Å²) in [6.07, 6.45) is 0. The fourth-order valence-corrected chi connectivity index (χ4v) is 3.37. The van der Waals surface area contributed by atoms with Crippen LogP contribution in [0.5, 0.6) is 0 Å². The number of rotatable bonds is 7. The van der Waals surface area contributed by atoms with Gasteiger partial charge in [-0.15, -0.1) is 0 Å². The van der Waals surface area contributed by atoms with E-state index in [1.165, 1.54) is 16.7 Å². The maximum Gasteiger partial charge on any atom is 0.171 e. The average Bonchev–Trinajstić information content (AvgIpc) is 2.63. The molecule has 0 saturated carbocycles. The fraction of sp³-hybridized carbons (Fsp3) is 0.381. The molecule has 0 spiro atoms. The highest BCUT2D eigenvalue weighted by molar-refractivity contribution is 7.80. The quantitative estimate of drug-likeness (QED) is 0.665. The summed E-state index contributed by atoms with van der Waals surface area (Å²) >= 11 is 5.53. The van der Waals surface area contributed by atoms with Crippen LogP contribution in [0.2, 0.25) is 0 Å². The smallest absolute Gasteiger partial charge is 0.171 e. The molecule has 0 radical (unpaired) electrons. The average molecular weight is 357 g/mol. The lowest BCUT2D eigenvalue weighted by atomic mass is 10.1. The van der Waals surface area contributed by atoms with Gasteiger partial charge in [0.05, 0.1) is 19.6 Å². The number of quaternary nitrogens is 1. The molecule has 25 heavy (non-hydrogen) atoms. The molecule has 0 amide bonds. The van der Waals surface area contributed by atoms with E-state index in [1.54, 1.807) is 4.90 Å². The van der Waals surface area contributed by atoms with Crippen LogP contribution >= 0.6 is 12.2 Å². The summed E-state index contributed by atoms with van der Waals surface area (Å²) in [6, 6.07) is 17.3. The molecule has 0 unspecified atom stereocenters. The summed E-state index contributed by atoms with van der Waals surface area (Å²) < 4.78 is 0. The normalized spacial score (nSPS) is 12.0. The van der Waals surface area contributed by atoms with Gasteiger partial charge in [0.2, 0.25) is 0 Å². The predicted octanol–water partition coefficient (Wildman–Crippen LogP) is 3.26. The SMILES string of the molecule is CC[NH+](CC)[C@@H](CNC(=S)Nc1cccc(C)c1C)c1ccccc1. The lowest BCUT2D eigenvalue weighted by Gasteiger charge is -2.28. The molecule has 0 aliphatic rings. The van der Waals surface area contributed by atoms with Gasteiger partial charge in [-0.1, -0.05) is 42.5 Å². The van der Waals surface area contributed by atoms with Crippen molar-refractivity contribution >= 4 is 23.0 Å². The van der Waals surface area contributed by atoms with Crippen LogP contribution in [0.1, 0.15) is 36.6 Å². The van der Waals surface area contributed by atoms with Crippen molar-refractivity contribution in [3.63, 3.8) is 0 Å². The largest absolute Gasteiger partial charge is 0.356 e. The maximum absolute atomic E-state index is 5.53. The minimum Gasteiger partial charge on any atom is -0.356 e. The molecule has 0 aromatic heterocycles. The monoisotopic (exact) mass is 356 g/mol. The van der Waals surface area contributed by atoms with Crippen molar-refractivity contribution in [2.24, 2.45) is 0 Å². The van der Waals surface area contributed by atoms with Crippen molar-refractivity contribution in [3.05, 3.63) is 65.2 Å². The van der Waals surface area contributed by atoms with Gasteiger partial charge in [0.1, 0.15) is 6.04 Å². The van der Waals surface area contributed by atoms with Crippen molar-refractivity contribution < 1.29 is 4.90 Å². The van der Waals surface area contributed by atoms with Crippen LogP contribution < -0.4 is 15.5 Å². The zero-order chi connectivity index (χ0) is 18.2. The number of hydrogen-bond donors (Lipinski definition) is 3. The number of benzene rings is 2. The molecule has 0 saturated heterocycles. The van der Waals surface area contributed by atoms with Crippen molar-refractivity contribution in [1.29, 1.82) is 0 Å². The lowest BCUT2D eigenvalue weighted by molar-refractivity contribution is -0.927. The van der Waals surface area contributed by atoms with Gasteiger partial charge in [-0.25, -0.2) is 0 Å². The van der Waals surface area contributed by atoms with Crippen molar-refractivity contribution in [2.75, 3.05) is 25.0 Å². The number of thiocarbonyl (C=S) groups is 1. The van der Waals surface area contributed by atoms with Gasteiger partial charge >= 0.3 is 0 Å². The molecular formula is C21H30N3S+. The third-order valence-electron chi connectivity index (χ3n) is 4.92. The molecule has 0 fully saturated rings. The molecule has 3 N–H and O–H groups in total. The topological polar surface area (TPSA) is 28.5 Å². The Morgan fingerprint density at radius 3 is 2.32 bits per heavy atom. The zero-order valence-electron chi connectivity index (χ0n) is 15.7. The van der Waals surface area contributed by atoms with E-state index in [0.717, 1.165) is 25.3 Å². The molecule has 4 heteroatoms. The second-order valence-corrected chi connectivity index (χ2v) is 6.82. The Balaban J connectivity index is 2.04. The Hall–Kier alpha value is -1.91. The van der Waals surface area contributed by atoms with Crippen molar-refractivity contribution in [1.82, 2.24) is 5.32 Å². The van der Waals surface area contributed by atoms with E-state index in [-0.39, 0.29) is 0 Å². The Labute approximate surface area is 157 Å². The van der Waals surface area contributed by atoms with Crippen LogP contribution in [0.15, 0.2) is 48.5 Å². The number of likely N-dealkylation sites (N-methyl/N-ethyl adjacent to an activating group) is 1. The maximum atomic E-state index is 5.53. The van der Waals surface area contributed by atoms with Crippen LogP contribution in [0, 0.1) is 13.8 Å². The van der Waals surface area contributed by atoms with E-state index in [2.05, 4.69) is 86.9 Å². The molecule has 0 aliphatic carbocycles. The molecule has 134 valence electrons. The summed E-state index contributed by atoms with van der Waals surface area (Å²) in [5.41, 5.74) is 4.93. The Kier molecular flexibility index (Phi) is 7.41. The summed E-state index contributed by atoms with van der Waals surface area (Å²) in [5.74, 6) is 0. The lowest BCUT2D eigenvalue weighted by Crippen LogP contribution is -3.12. The second kappa shape index (κ2) is 9.54. The van der Waals surface area contributed by atoms with Crippen molar-refractivity contribution in [2.45, 2.75) is 33.7 Å². The molecule has 2 aromatic rings. The van der Waals surface area contributed by atoms with E-state index in [1.807, 2.05) is 0 Å². The van der Waals surface area contributed by atoms with Gasteiger partial charge < -0.3 is 15.5 Å². The summed E-state index contributed by atoms with van der Waals surface area (Å²) in [6.45, 7) is 11.7. The standard InChI is InChI=1S/C21H29N3S/c1-5-24(6-2)20(18-12-8-7-9-13-18)15-22-21(25)23-19-14-10-11-16(3)17(19)4/h7-14,20H,5-6,15H2,1-4H3,(H2,22,23,25)/p+1/t20-/m0/s1. The number of hydrogen-bond acceptors (Lipinski definition) is 1. The highest BCUT2D eigenvalue weighted by atomic mass is 32.1. The van der Waals surface area contributed by atoms with Crippen molar-refractivity contribution in [3.8, 4) is 0 Å². The summed E-state index contributed by atoms with van der Waals surface area (Å²) in [5, 5.41) is 7.45. The first-order valence-corrected chi connectivity index (χ1v) is 9.48. The number of nitrogens with one attached hydrogen (secondary N) is 3. The molecule has 2 aromatic carbocycles. The predicted molar refractivity (Wildman–Crippen MR) is 111 cm³/mol. The first kappa shape index (κ1) is 19.4. The third-order valence-corrected chi connectivity index (χ3v) is 5.17. The second-order valence-electron chi connectivity index (χ2n) is 6.41. The molecule has 2 rings (SSSR count). The number of aryl methyl sites for hydroxylation is 1. The Bertz CT molecular complexity index is 681. The molecule has 1 atom stereocenters. The molecule has 0 heterocycles. The van der Waals surface area contributed by atoms with E-state index in [4.69, 9.17) is 12.2 Å². The van der Waals surface area contributed by atoms with E-state index in [9.17, 15) is 0 Å². The summed E-state index contributed by atoms with van der Waals surface area (Å²) in [7, 11) is 0. The number of anilines is 1. The minimum absolute atomic E-state index is 0.384. The van der Waals surface area contributed by atoms with Gasteiger partial charge in [0.25, 0.3) is 0 Å². The minimum atomic E-state index is 0.384. The highest BCUT2D eigenvalue weighted by Crippen LogP contribution is 2.17. The van der Waals surface area contributed by atoms with Crippen LogP contribution in [-0.2, 0) is 0 Å². The van der Waals surface area contributed by atoms with E-state index < -0.39 is 0 Å². The van der Waals surface area contributed by atoms with Gasteiger partial charge in [0, 0.05) is 11.3 Å². The highest BCUT2D eigenvalue weighted by Gasteiger charge is 2.21. The first-order valence-electron chi connectivity index (χ1n) is 9.07. The molecule has 0 aliphatic heterocycles. The molecule has 0 bridgehead atoms. The summed E-state index contributed by atoms with van der Waals surface area (Å²) in [4.78, 5) is 1.55. The van der Waals surface area contributed by atoms with Gasteiger partial charge in [-0.3, -0.25) is 0 Å². The van der Waals surface area contributed by atoms with Crippen LogP contribution in [-0.4, -0.2) is 24.7 Å². The third kappa shape index (κ3) is 5.28. The van der Waals surface area contributed by atoms with Crippen LogP contribution in [0.25, 0.3) is 0 Å². The fourth-order valence-electron chi connectivity index (χ4n) is 3.17. The van der Waals surface area contributed by atoms with Gasteiger partial charge in [0.15, 0.2) is 5.11 Å². The molecular weight excluding hydrogens is 326 g/mol. The first-order chi connectivity index (χ1) is 12.1. The van der Waals surface area contributed by atoms with Crippen LogP contribution in [0.3, 0.4) is 0 Å². The van der Waals surface area contributed by atoms with Gasteiger partial charge in [-0.2, -0.15) is 0 Å². The molecule has 3 nitrogen and oxygen atoms in total. The van der Waals surface area contributed by atoms with E-state index in [0.29, 0.717) is 11.2 Å².